The molecule has 1 aliphatic rings. The third-order valence-corrected chi connectivity index (χ3v) is 7.25. The summed E-state index contributed by atoms with van der Waals surface area (Å²) in [5.41, 5.74) is 3.40. The Morgan fingerprint density at radius 2 is 1.03 bits per heavy atom. The normalized spacial score (nSPS) is 12.3. The molecule has 1 heterocycles. The third kappa shape index (κ3) is 3.76. The fourth-order valence-electron chi connectivity index (χ4n) is 4.23. The molecule has 0 fully saturated rings. The van der Waals surface area contributed by atoms with Crippen molar-refractivity contribution in [1.82, 2.24) is 0 Å². The maximum atomic E-state index is 12.5. The topological polar surface area (TPSA) is 51.2 Å². The second-order valence-electron chi connectivity index (χ2n) is 8.59. The van der Waals surface area contributed by atoms with Crippen molar-refractivity contribution in [3.63, 3.8) is 0 Å². The highest BCUT2D eigenvalue weighted by molar-refractivity contribution is 7.24. The van der Waals surface area contributed by atoms with Gasteiger partial charge in [0.15, 0.2) is 17.0 Å². The van der Waals surface area contributed by atoms with Crippen LogP contribution in [-0.2, 0) is 0 Å². The Bertz CT molecular complexity index is 1540. The van der Waals surface area contributed by atoms with E-state index in [4.69, 9.17) is 0 Å². The molecule has 34 heavy (non-hydrogen) atoms. The Labute approximate surface area is 201 Å². The first kappa shape index (κ1) is 21.9. The minimum atomic E-state index is -0.0641. The lowest BCUT2D eigenvalue weighted by Gasteiger charge is -2.16. The minimum Gasteiger partial charge on any atom is -0.289 e. The van der Waals surface area contributed by atoms with Gasteiger partial charge in [-0.15, -0.1) is 11.3 Å². The van der Waals surface area contributed by atoms with Gasteiger partial charge in [-0.05, 0) is 35.7 Å². The Hall–Kier alpha value is -3.89. The lowest BCUT2D eigenvalue weighted by molar-refractivity contribution is 0.0979. The van der Waals surface area contributed by atoms with Gasteiger partial charge in [0, 0.05) is 42.4 Å². The molecule has 4 aromatic carbocycles. The summed E-state index contributed by atoms with van der Waals surface area (Å²) in [6, 6.07) is 28.0. The minimum absolute atomic E-state index is 0.0641. The number of ketones is 2. The van der Waals surface area contributed by atoms with Crippen molar-refractivity contribution in [2.24, 2.45) is 0 Å². The summed E-state index contributed by atoms with van der Waals surface area (Å²) >= 11 is 1.69. The van der Waals surface area contributed by atoms with Gasteiger partial charge in [-0.3, -0.25) is 14.4 Å². The van der Waals surface area contributed by atoms with Crippen LogP contribution in [0.4, 0.5) is 0 Å². The monoisotopic (exact) mass is 462 g/mol. The smallest absolute Gasteiger partial charge is 0.195 e. The van der Waals surface area contributed by atoms with E-state index in [0.717, 1.165) is 20.2 Å². The average molecular weight is 463 g/mol. The first-order valence-electron chi connectivity index (χ1n) is 11.2. The largest absolute Gasteiger partial charge is 0.289 e. The van der Waals surface area contributed by atoms with Crippen LogP contribution in [0.25, 0.3) is 20.2 Å². The van der Waals surface area contributed by atoms with Gasteiger partial charge in [-0.1, -0.05) is 80.6 Å². The maximum Gasteiger partial charge on any atom is 0.195 e. The zero-order valence-electron chi connectivity index (χ0n) is 18.9. The van der Waals surface area contributed by atoms with Gasteiger partial charge in [0.25, 0.3) is 0 Å². The molecule has 0 saturated carbocycles. The van der Waals surface area contributed by atoms with Crippen molar-refractivity contribution in [3.8, 4) is 0 Å². The van der Waals surface area contributed by atoms with E-state index >= 15 is 0 Å². The van der Waals surface area contributed by atoms with E-state index in [-0.39, 0.29) is 17.0 Å². The summed E-state index contributed by atoms with van der Waals surface area (Å²) in [4.78, 5) is 36.7. The molecule has 166 valence electrons. The third-order valence-electron chi connectivity index (χ3n) is 6.10. The number of fused-ring (bicyclic) bond motifs is 4. The summed E-state index contributed by atoms with van der Waals surface area (Å²) in [5, 5.41) is 1.68. The number of hydrogen-bond acceptors (Lipinski definition) is 4. The number of carbonyl (C=O) groups excluding carboxylic acids is 2. The SMILES string of the molecule is CC(C)c1ccc2sc3ccccc3c(=O)c2c1.O=C1c2ccccc2C(=O)c2ccccc21. The van der Waals surface area contributed by atoms with E-state index in [1.54, 1.807) is 59.9 Å². The van der Waals surface area contributed by atoms with Crippen molar-refractivity contribution in [1.29, 1.82) is 0 Å². The summed E-state index contributed by atoms with van der Waals surface area (Å²) in [7, 11) is 0. The van der Waals surface area contributed by atoms with E-state index in [9.17, 15) is 14.4 Å². The van der Waals surface area contributed by atoms with Crippen LogP contribution in [0.5, 0.6) is 0 Å². The molecule has 0 aliphatic heterocycles. The highest BCUT2D eigenvalue weighted by Crippen LogP contribution is 2.28. The molecule has 1 aromatic heterocycles. The average Bonchev–Trinajstić information content (AvgIpc) is 2.87. The first-order chi connectivity index (χ1) is 16.5. The van der Waals surface area contributed by atoms with E-state index in [1.165, 1.54) is 5.56 Å². The summed E-state index contributed by atoms with van der Waals surface area (Å²) < 4.78 is 2.13. The molecule has 0 spiro atoms. The summed E-state index contributed by atoms with van der Waals surface area (Å²) in [6.07, 6.45) is 0. The standard InChI is InChI=1S/C16H14OS.C14H8O2/c1-10(2)11-7-8-15-13(9-11)16(17)12-5-3-4-6-14(12)18-15;15-13-9-5-1-2-6-10(9)14(16)12-8-4-3-7-11(12)13/h3-10H,1-2H3;1-8H. The fraction of sp³-hybridized carbons (Fsp3) is 0.100. The molecule has 0 unspecified atom stereocenters. The van der Waals surface area contributed by atoms with Crippen molar-refractivity contribution in [2.45, 2.75) is 19.8 Å². The van der Waals surface area contributed by atoms with Crippen LogP contribution >= 0.6 is 11.3 Å². The molecular formula is C30H22O3S. The van der Waals surface area contributed by atoms with Gasteiger partial charge < -0.3 is 0 Å². The Kier molecular flexibility index (Phi) is 5.68. The number of rotatable bonds is 1. The zero-order valence-corrected chi connectivity index (χ0v) is 19.7. The summed E-state index contributed by atoms with van der Waals surface area (Å²) in [6.45, 7) is 4.30. The molecule has 0 N–H and O–H groups in total. The van der Waals surface area contributed by atoms with Gasteiger partial charge in [0.05, 0.1) is 0 Å². The van der Waals surface area contributed by atoms with Crippen LogP contribution in [0, 0.1) is 0 Å². The molecule has 3 nitrogen and oxygen atoms in total. The van der Waals surface area contributed by atoms with Crippen molar-refractivity contribution >= 4 is 43.1 Å². The Morgan fingerprint density at radius 1 is 0.559 bits per heavy atom. The van der Waals surface area contributed by atoms with E-state index in [1.807, 2.05) is 30.3 Å². The predicted molar refractivity (Wildman–Crippen MR) is 139 cm³/mol. The van der Waals surface area contributed by atoms with Gasteiger partial charge in [0.1, 0.15) is 0 Å². The van der Waals surface area contributed by atoms with Crippen LogP contribution in [0.3, 0.4) is 0 Å². The molecule has 1 aliphatic carbocycles. The van der Waals surface area contributed by atoms with E-state index < -0.39 is 0 Å². The molecule has 0 radical (unpaired) electrons. The van der Waals surface area contributed by atoms with Gasteiger partial charge >= 0.3 is 0 Å². The quantitative estimate of drug-likeness (QED) is 0.247. The Balaban J connectivity index is 0.000000142. The molecule has 5 aromatic rings. The van der Waals surface area contributed by atoms with Gasteiger partial charge in [-0.25, -0.2) is 0 Å². The van der Waals surface area contributed by atoms with Gasteiger partial charge in [0.2, 0.25) is 0 Å². The molecule has 0 bridgehead atoms. The van der Waals surface area contributed by atoms with E-state index in [2.05, 4.69) is 26.0 Å². The van der Waals surface area contributed by atoms with Crippen LogP contribution < -0.4 is 5.43 Å². The van der Waals surface area contributed by atoms with Crippen molar-refractivity contribution < 1.29 is 9.59 Å². The second-order valence-corrected chi connectivity index (χ2v) is 9.67. The molecule has 4 heteroatoms. The molecule has 6 rings (SSSR count). The second kappa shape index (κ2) is 8.81. The highest BCUT2D eigenvalue weighted by atomic mass is 32.1. The number of benzene rings is 4. The number of hydrogen-bond donors (Lipinski definition) is 0. The first-order valence-corrected chi connectivity index (χ1v) is 12.0. The van der Waals surface area contributed by atoms with Crippen LogP contribution in [0.2, 0.25) is 0 Å². The molecular weight excluding hydrogens is 440 g/mol. The van der Waals surface area contributed by atoms with Crippen molar-refractivity contribution in [2.75, 3.05) is 0 Å². The lowest BCUT2D eigenvalue weighted by atomic mass is 9.84. The summed E-state index contributed by atoms with van der Waals surface area (Å²) in [5.74, 6) is 0.321. The van der Waals surface area contributed by atoms with Crippen molar-refractivity contribution in [3.05, 3.63) is 129 Å². The number of carbonyl (C=O) groups is 2. The molecule has 0 atom stereocenters. The molecule has 0 amide bonds. The van der Waals surface area contributed by atoms with E-state index in [0.29, 0.717) is 28.2 Å². The predicted octanol–water partition coefficient (Wildman–Crippen LogP) is 7.00. The van der Waals surface area contributed by atoms with Crippen LogP contribution in [-0.4, -0.2) is 11.6 Å². The molecule has 0 saturated heterocycles. The van der Waals surface area contributed by atoms with Crippen LogP contribution in [0.1, 0.15) is 57.2 Å². The van der Waals surface area contributed by atoms with Crippen LogP contribution in [0.15, 0.2) is 95.8 Å². The van der Waals surface area contributed by atoms with Gasteiger partial charge in [-0.2, -0.15) is 0 Å². The Morgan fingerprint density at radius 3 is 1.56 bits per heavy atom. The highest BCUT2D eigenvalue weighted by Gasteiger charge is 2.28. The maximum absolute atomic E-state index is 12.5. The lowest BCUT2D eigenvalue weighted by Crippen LogP contribution is -2.20. The zero-order chi connectivity index (χ0) is 23.8. The fourth-order valence-corrected chi connectivity index (χ4v) is 5.28.